The second-order valence-corrected chi connectivity index (χ2v) is 3.89. The van der Waals surface area contributed by atoms with Gasteiger partial charge in [0, 0.05) is 25.1 Å². The van der Waals surface area contributed by atoms with Crippen LogP contribution in [-0.4, -0.2) is 29.8 Å². The van der Waals surface area contributed by atoms with Gasteiger partial charge in [-0.15, -0.1) is 0 Å². The van der Waals surface area contributed by atoms with Gasteiger partial charge in [-0.2, -0.15) is 0 Å². The fourth-order valence-corrected chi connectivity index (χ4v) is 1.74. The first-order valence-electron chi connectivity index (χ1n) is 5.52. The molecule has 2 amide bonds. The molecule has 4 heteroatoms. The number of nitrogens with two attached hydrogens (primary N) is 1. The molecule has 0 aromatic carbocycles. The van der Waals surface area contributed by atoms with Crippen molar-refractivity contribution in [2.75, 3.05) is 13.1 Å². The van der Waals surface area contributed by atoms with Gasteiger partial charge in [0.15, 0.2) is 0 Å². The summed E-state index contributed by atoms with van der Waals surface area (Å²) in [7, 11) is 0. The number of amides is 2. The van der Waals surface area contributed by atoms with E-state index in [0.29, 0.717) is 25.9 Å². The van der Waals surface area contributed by atoms with Gasteiger partial charge in [0.2, 0.25) is 11.8 Å². The van der Waals surface area contributed by atoms with Crippen LogP contribution in [0.4, 0.5) is 0 Å². The lowest BCUT2D eigenvalue weighted by molar-refractivity contribution is -0.130. The molecule has 0 aliphatic carbocycles. The van der Waals surface area contributed by atoms with E-state index in [1.54, 1.807) is 17.1 Å². The quantitative estimate of drug-likeness (QED) is 0.568. The zero-order valence-electron chi connectivity index (χ0n) is 9.56. The van der Waals surface area contributed by atoms with Gasteiger partial charge in [0.05, 0.1) is 0 Å². The van der Waals surface area contributed by atoms with Crippen molar-refractivity contribution in [3.8, 4) is 0 Å². The van der Waals surface area contributed by atoms with Gasteiger partial charge >= 0.3 is 0 Å². The number of nitrogens with zero attached hydrogens (tertiary/aromatic N) is 1. The predicted molar refractivity (Wildman–Crippen MR) is 62.5 cm³/mol. The summed E-state index contributed by atoms with van der Waals surface area (Å²) in [5.41, 5.74) is 5.22. The van der Waals surface area contributed by atoms with Crippen LogP contribution < -0.4 is 5.73 Å². The van der Waals surface area contributed by atoms with Crippen LogP contribution in [0.2, 0.25) is 0 Å². The number of hydrogen-bond acceptors (Lipinski definition) is 2. The van der Waals surface area contributed by atoms with E-state index < -0.39 is 0 Å². The van der Waals surface area contributed by atoms with E-state index in [1.165, 1.54) is 0 Å². The summed E-state index contributed by atoms with van der Waals surface area (Å²) in [4.78, 5) is 24.3. The highest BCUT2D eigenvalue weighted by molar-refractivity contribution is 5.88. The number of rotatable bonds is 3. The van der Waals surface area contributed by atoms with E-state index >= 15 is 0 Å². The van der Waals surface area contributed by atoms with Crippen LogP contribution in [0.1, 0.15) is 19.8 Å². The van der Waals surface area contributed by atoms with Crippen molar-refractivity contribution < 1.29 is 9.59 Å². The van der Waals surface area contributed by atoms with E-state index in [2.05, 4.69) is 0 Å². The standard InChI is InChI=1S/C12H18N2O2/c1-2-3-4-5-11(15)14-8-6-10(7-9-14)12(13)16/h2-5,10H,6-9H2,1H3,(H2,13,16)/b3-2+,5-4+. The van der Waals surface area contributed by atoms with Crippen LogP contribution in [0.5, 0.6) is 0 Å². The number of likely N-dealkylation sites (tertiary alicyclic amines) is 1. The Kier molecular flexibility index (Phi) is 4.76. The van der Waals surface area contributed by atoms with E-state index in [1.807, 2.05) is 19.1 Å². The molecular formula is C12H18N2O2. The topological polar surface area (TPSA) is 63.4 Å². The molecule has 16 heavy (non-hydrogen) atoms. The van der Waals surface area contributed by atoms with E-state index in [-0.39, 0.29) is 17.7 Å². The monoisotopic (exact) mass is 222 g/mol. The number of hydrogen-bond donors (Lipinski definition) is 1. The van der Waals surface area contributed by atoms with Crippen molar-refractivity contribution >= 4 is 11.8 Å². The molecule has 0 unspecified atom stereocenters. The predicted octanol–water partition coefficient (Wildman–Crippen LogP) is 0.843. The van der Waals surface area contributed by atoms with Gasteiger partial charge < -0.3 is 10.6 Å². The molecule has 1 heterocycles. The molecule has 1 saturated heterocycles. The fraction of sp³-hybridized carbons (Fsp3) is 0.500. The molecule has 4 nitrogen and oxygen atoms in total. The summed E-state index contributed by atoms with van der Waals surface area (Å²) in [5.74, 6) is -0.318. The number of carbonyl (C=O) groups is 2. The molecule has 1 aliphatic heterocycles. The average molecular weight is 222 g/mol. The second-order valence-electron chi connectivity index (χ2n) is 3.89. The highest BCUT2D eigenvalue weighted by Crippen LogP contribution is 2.16. The van der Waals surface area contributed by atoms with Crippen molar-refractivity contribution in [2.24, 2.45) is 11.7 Å². The first kappa shape index (κ1) is 12.5. The largest absolute Gasteiger partial charge is 0.369 e. The van der Waals surface area contributed by atoms with Gasteiger partial charge in [0.1, 0.15) is 0 Å². The minimum atomic E-state index is -0.253. The molecule has 88 valence electrons. The summed E-state index contributed by atoms with van der Waals surface area (Å²) in [6, 6.07) is 0. The first-order valence-corrected chi connectivity index (χ1v) is 5.52. The molecule has 1 fully saturated rings. The number of carbonyl (C=O) groups excluding carboxylic acids is 2. The summed E-state index contributed by atoms with van der Waals surface area (Å²) >= 11 is 0. The lowest BCUT2D eigenvalue weighted by atomic mass is 9.96. The van der Waals surface area contributed by atoms with Crippen molar-refractivity contribution in [3.63, 3.8) is 0 Å². The molecule has 0 bridgehead atoms. The fourth-order valence-electron chi connectivity index (χ4n) is 1.74. The maximum absolute atomic E-state index is 11.6. The number of piperidine rings is 1. The molecule has 0 saturated carbocycles. The van der Waals surface area contributed by atoms with Crippen LogP contribution in [0.15, 0.2) is 24.3 Å². The third kappa shape index (κ3) is 3.53. The van der Waals surface area contributed by atoms with Crippen LogP contribution >= 0.6 is 0 Å². The smallest absolute Gasteiger partial charge is 0.246 e. The Morgan fingerprint density at radius 3 is 2.38 bits per heavy atom. The Hall–Kier alpha value is -1.58. The summed E-state index contributed by atoms with van der Waals surface area (Å²) < 4.78 is 0. The highest BCUT2D eigenvalue weighted by atomic mass is 16.2. The zero-order valence-corrected chi connectivity index (χ0v) is 9.56. The van der Waals surface area contributed by atoms with Crippen LogP contribution in [-0.2, 0) is 9.59 Å². The zero-order chi connectivity index (χ0) is 12.0. The lowest BCUT2D eigenvalue weighted by Crippen LogP contribution is -2.41. The van der Waals surface area contributed by atoms with Crippen molar-refractivity contribution in [1.82, 2.24) is 4.90 Å². The Balaban J connectivity index is 2.41. The normalized spacial score (nSPS) is 18.4. The van der Waals surface area contributed by atoms with E-state index in [0.717, 1.165) is 0 Å². The molecule has 0 aromatic rings. The summed E-state index contributed by atoms with van der Waals surface area (Å²) in [6.07, 6.45) is 8.31. The molecule has 1 rings (SSSR count). The minimum absolute atomic E-state index is 0.000945. The molecular weight excluding hydrogens is 204 g/mol. The van der Waals surface area contributed by atoms with Gasteiger partial charge in [-0.3, -0.25) is 9.59 Å². The summed E-state index contributed by atoms with van der Waals surface area (Å²) in [5, 5.41) is 0. The Morgan fingerprint density at radius 1 is 1.25 bits per heavy atom. The highest BCUT2D eigenvalue weighted by Gasteiger charge is 2.24. The van der Waals surface area contributed by atoms with Gasteiger partial charge in [-0.1, -0.05) is 18.2 Å². The Labute approximate surface area is 95.8 Å². The van der Waals surface area contributed by atoms with Crippen LogP contribution in [0.25, 0.3) is 0 Å². The third-order valence-corrected chi connectivity index (χ3v) is 2.75. The number of primary amides is 1. The molecule has 0 aromatic heterocycles. The first-order chi connectivity index (χ1) is 7.65. The Morgan fingerprint density at radius 2 is 1.88 bits per heavy atom. The van der Waals surface area contributed by atoms with E-state index in [4.69, 9.17) is 5.73 Å². The molecule has 1 aliphatic rings. The maximum atomic E-state index is 11.6. The average Bonchev–Trinajstić information content (AvgIpc) is 2.29. The van der Waals surface area contributed by atoms with Crippen molar-refractivity contribution in [2.45, 2.75) is 19.8 Å². The SMILES string of the molecule is C/C=C/C=C/C(=O)N1CCC(C(N)=O)CC1. The minimum Gasteiger partial charge on any atom is -0.369 e. The summed E-state index contributed by atoms with van der Waals surface area (Å²) in [6.45, 7) is 3.13. The Bertz CT molecular complexity index is 313. The van der Waals surface area contributed by atoms with E-state index in [9.17, 15) is 9.59 Å². The maximum Gasteiger partial charge on any atom is 0.246 e. The van der Waals surface area contributed by atoms with Gasteiger partial charge in [0.25, 0.3) is 0 Å². The molecule has 0 spiro atoms. The molecule has 0 radical (unpaired) electrons. The second kappa shape index (κ2) is 6.10. The van der Waals surface area contributed by atoms with Crippen LogP contribution in [0, 0.1) is 5.92 Å². The van der Waals surface area contributed by atoms with Gasteiger partial charge in [-0.25, -0.2) is 0 Å². The lowest BCUT2D eigenvalue weighted by Gasteiger charge is -2.29. The molecule has 0 atom stereocenters. The van der Waals surface area contributed by atoms with Gasteiger partial charge in [-0.05, 0) is 19.8 Å². The van der Waals surface area contributed by atoms with Crippen LogP contribution in [0.3, 0.4) is 0 Å². The number of allylic oxidation sites excluding steroid dienone is 3. The van der Waals surface area contributed by atoms with Crippen molar-refractivity contribution in [3.05, 3.63) is 24.3 Å². The third-order valence-electron chi connectivity index (χ3n) is 2.75. The molecule has 2 N–H and O–H groups in total. The van der Waals surface area contributed by atoms with Crippen molar-refractivity contribution in [1.29, 1.82) is 0 Å².